The fourth-order valence-corrected chi connectivity index (χ4v) is 6.66. The fraction of sp³-hybridized carbons (Fsp3) is 0.128. The molecule has 5 aromatic rings. The van der Waals surface area contributed by atoms with E-state index in [2.05, 4.69) is 120 Å². The SMILES string of the molecule is CC1(C)c2ccccc2C2=CC(N(c3ccccc3)c3cccc(Nc4ccccc4C(=N)c4ccncc4)c3)=CCC21. The third-order valence-electron chi connectivity index (χ3n) is 8.87. The number of hydrogen-bond acceptors (Lipinski definition) is 4. The molecule has 7 rings (SSSR count). The summed E-state index contributed by atoms with van der Waals surface area (Å²) in [5, 5.41) is 12.5. The Kier molecular flexibility index (Phi) is 6.75. The highest BCUT2D eigenvalue weighted by atomic mass is 15.1. The smallest absolute Gasteiger partial charge is 0.0706 e. The third kappa shape index (κ3) is 4.85. The quantitative estimate of drug-likeness (QED) is 0.196. The van der Waals surface area contributed by atoms with Crippen molar-refractivity contribution < 1.29 is 0 Å². The van der Waals surface area contributed by atoms with Gasteiger partial charge in [-0.3, -0.25) is 10.4 Å². The number of nitrogens with one attached hydrogen (secondary N) is 2. The molecule has 0 radical (unpaired) electrons. The number of rotatable bonds is 7. The summed E-state index contributed by atoms with van der Waals surface area (Å²) in [6.45, 7) is 4.76. The highest BCUT2D eigenvalue weighted by Gasteiger charge is 2.43. The number of anilines is 4. The van der Waals surface area contributed by atoms with Crippen molar-refractivity contribution in [2.75, 3.05) is 10.2 Å². The van der Waals surface area contributed by atoms with E-state index in [1.165, 1.54) is 22.4 Å². The molecule has 2 aliphatic rings. The number of aromatic nitrogens is 1. The van der Waals surface area contributed by atoms with Gasteiger partial charge in [0.2, 0.25) is 0 Å². The van der Waals surface area contributed by atoms with E-state index < -0.39 is 0 Å². The summed E-state index contributed by atoms with van der Waals surface area (Å²) in [6, 6.07) is 39.8. The summed E-state index contributed by atoms with van der Waals surface area (Å²) in [5.74, 6) is 0.464. The van der Waals surface area contributed by atoms with E-state index in [4.69, 9.17) is 5.41 Å². The Bertz CT molecular complexity index is 1870. The number of fused-ring (bicyclic) bond motifs is 3. The number of hydrogen-bond donors (Lipinski definition) is 2. The van der Waals surface area contributed by atoms with Gasteiger partial charge >= 0.3 is 0 Å². The molecule has 0 saturated carbocycles. The summed E-state index contributed by atoms with van der Waals surface area (Å²) < 4.78 is 0. The molecule has 0 saturated heterocycles. The average Bonchev–Trinajstić information content (AvgIpc) is 3.28. The van der Waals surface area contributed by atoms with Crippen LogP contribution in [-0.2, 0) is 5.41 Å². The van der Waals surface area contributed by atoms with Crippen LogP contribution in [0.1, 0.15) is 42.5 Å². The zero-order valence-electron chi connectivity index (χ0n) is 24.5. The Labute approximate surface area is 253 Å². The van der Waals surface area contributed by atoms with Gasteiger partial charge in [-0.1, -0.05) is 86.7 Å². The van der Waals surface area contributed by atoms with Crippen LogP contribution in [0, 0.1) is 11.3 Å². The molecule has 0 spiro atoms. The van der Waals surface area contributed by atoms with Crippen LogP contribution < -0.4 is 10.2 Å². The fourth-order valence-electron chi connectivity index (χ4n) is 6.66. The number of pyridine rings is 1. The van der Waals surface area contributed by atoms with Crippen LogP contribution >= 0.6 is 0 Å². The molecule has 1 unspecified atom stereocenters. The van der Waals surface area contributed by atoms with Crippen molar-refractivity contribution in [2.45, 2.75) is 25.7 Å². The largest absolute Gasteiger partial charge is 0.355 e. The van der Waals surface area contributed by atoms with Crippen LogP contribution in [-0.4, -0.2) is 10.7 Å². The molecule has 4 heteroatoms. The summed E-state index contributed by atoms with van der Waals surface area (Å²) in [7, 11) is 0. The third-order valence-corrected chi connectivity index (χ3v) is 8.87. The van der Waals surface area contributed by atoms with Crippen LogP contribution in [0.15, 0.2) is 146 Å². The Balaban J connectivity index is 1.26. The van der Waals surface area contributed by atoms with Gasteiger partial charge in [0.05, 0.1) is 5.71 Å². The zero-order chi connectivity index (χ0) is 29.4. The first-order chi connectivity index (χ1) is 21.0. The number of nitrogens with zero attached hydrogens (tertiary/aromatic N) is 2. The van der Waals surface area contributed by atoms with Gasteiger partial charge in [-0.2, -0.15) is 0 Å². The lowest BCUT2D eigenvalue weighted by atomic mass is 9.74. The predicted molar refractivity (Wildman–Crippen MR) is 179 cm³/mol. The maximum Gasteiger partial charge on any atom is 0.0706 e. The van der Waals surface area contributed by atoms with E-state index in [1.54, 1.807) is 12.4 Å². The van der Waals surface area contributed by atoms with Crippen LogP contribution in [0.25, 0.3) is 5.57 Å². The molecule has 0 amide bonds. The summed E-state index contributed by atoms with van der Waals surface area (Å²) >= 11 is 0. The van der Waals surface area contributed by atoms with Gasteiger partial charge in [0.25, 0.3) is 0 Å². The number of allylic oxidation sites excluding steroid dienone is 3. The van der Waals surface area contributed by atoms with E-state index in [-0.39, 0.29) is 5.41 Å². The minimum absolute atomic E-state index is 0.100. The van der Waals surface area contributed by atoms with Crippen LogP contribution in [0.2, 0.25) is 0 Å². The van der Waals surface area contributed by atoms with E-state index in [1.807, 2.05) is 36.4 Å². The second-order valence-corrected chi connectivity index (χ2v) is 11.8. The lowest BCUT2D eigenvalue weighted by molar-refractivity contribution is 0.413. The Morgan fingerprint density at radius 3 is 2.37 bits per heavy atom. The van der Waals surface area contributed by atoms with Gasteiger partial charge < -0.3 is 10.2 Å². The first-order valence-corrected chi connectivity index (χ1v) is 14.8. The summed E-state index contributed by atoms with van der Waals surface area (Å²) in [6.07, 6.45) is 9.25. The number of benzene rings is 4. The first kappa shape index (κ1) is 26.7. The van der Waals surface area contributed by atoms with Crippen molar-refractivity contribution >= 4 is 34.0 Å². The molecule has 1 aromatic heterocycles. The summed E-state index contributed by atoms with van der Waals surface area (Å²) in [4.78, 5) is 6.47. The Hall–Kier alpha value is -5.22. The minimum Gasteiger partial charge on any atom is -0.355 e. The highest BCUT2D eigenvalue weighted by molar-refractivity contribution is 6.14. The van der Waals surface area contributed by atoms with E-state index >= 15 is 0 Å². The Morgan fingerprint density at radius 1 is 0.814 bits per heavy atom. The second-order valence-electron chi connectivity index (χ2n) is 11.8. The van der Waals surface area contributed by atoms with Crippen molar-refractivity contribution in [3.05, 3.63) is 168 Å². The molecule has 0 bridgehead atoms. The van der Waals surface area contributed by atoms with Gasteiger partial charge in [0, 0.05) is 52.0 Å². The average molecular weight is 559 g/mol. The molecule has 2 N–H and O–H groups in total. The molecule has 0 aliphatic heterocycles. The van der Waals surface area contributed by atoms with Crippen LogP contribution in [0.4, 0.5) is 22.7 Å². The molecule has 0 fully saturated rings. The van der Waals surface area contributed by atoms with Gasteiger partial charge in [0.1, 0.15) is 0 Å². The first-order valence-electron chi connectivity index (χ1n) is 14.8. The number of para-hydroxylation sites is 2. The maximum atomic E-state index is 8.88. The van der Waals surface area contributed by atoms with Crippen molar-refractivity contribution in [3.63, 3.8) is 0 Å². The second kappa shape index (κ2) is 10.9. The summed E-state index contributed by atoms with van der Waals surface area (Å²) in [5.41, 5.74) is 11.7. The lowest BCUT2D eigenvalue weighted by Crippen LogP contribution is -2.26. The lowest BCUT2D eigenvalue weighted by Gasteiger charge is -2.33. The van der Waals surface area contributed by atoms with E-state index in [0.29, 0.717) is 11.6 Å². The molecule has 2 aliphatic carbocycles. The standard InChI is InChI=1S/C39H34N4/c1-39(2)35-17-8-6-15-32(35)34-26-31(19-20-36(34)39)43(29-12-4-3-5-13-29)30-14-10-11-28(25-30)42-37-18-9-7-16-33(37)38(40)27-21-23-41-24-22-27/h3-19,21-26,36,40,42H,20H2,1-2H3. The van der Waals surface area contributed by atoms with Gasteiger partial charge in [-0.15, -0.1) is 0 Å². The molecule has 43 heavy (non-hydrogen) atoms. The van der Waals surface area contributed by atoms with Crippen molar-refractivity contribution in [2.24, 2.45) is 5.92 Å². The van der Waals surface area contributed by atoms with E-state index in [9.17, 15) is 0 Å². The Morgan fingerprint density at radius 2 is 1.53 bits per heavy atom. The molecule has 1 heterocycles. The molecule has 4 aromatic carbocycles. The molecular formula is C39H34N4. The molecule has 4 nitrogen and oxygen atoms in total. The van der Waals surface area contributed by atoms with Crippen molar-refractivity contribution in [3.8, 4) is 0 Å². The van der Waals surface area contributed by atoms with Gasteiger partial charge in [0.15, 0.2) is 0 Å². The molecular weight excluding hydrogens is 524 g/mol. The predicted octanol–water partition coefficient (Wildman–Crippen LogP) is 9.66. The van der Waals surface area contributed by atoms with Gasteiger partial charge in [-0.25, -0.2) is 0 Å². The van der Waals surface area contributed by atoms with Gasteiger partial charge in [-0.05, 0) is 89.1 Å². The topological polar surface area (TPSA) is 52.0 Å². The van der Waals surface area contributed by atoms with Crippen LogP contribution in [0.5, 0.6) is 0 Å². The molecule has 1 atom stereocenters. The normalized spacial score (nSPS) is 16.4. The monoisotopic (exact) mass is 558 g/mol. The van der Waals surface area contributed by atoms with Crippen molar-refractivity contribution in [1.82, 2.24) is 4.98 Å². The minimum atomic E-state index is 0.100. The highest BCUT2D eigenvalue weighted by Crippen LogP contribution is 2.54. The maximum absolute atomic E-state index is 8.88. The van der Waals surface area contributed by atoms with Crippen LogP contribution in [0.3, 0.4) is 0 Å². The zero-order valence-corrected chi connectivity index (χ0v) is 24.5. The van der Waals surface area contributed by atoms with Crippen molar-refractivity contribution in [1.29, 1.82) is 5.41 Å². The van der Waals surface area contributed by atoms with E-state index in [0.717, 1.165) is 40.3 Å². The molecule has 210 valence electrons.